The third-order valence-corrected chi connectivity index (χ3v) is 4.17. The molecule has 106 valence electrons. The van der Waals surface area contributed by atoms with Gasteiger partial charge in [-0.3, -0.25) is 0 Å². The lowest BCUT2D eigenvalue weighted by Crippen LogP contribution is -2.32. The quantitative estimate of drug-likeness (QED) is 0.747. The van der Waals surface area contributed by atoms with Gasteiger partial charge in [-0.25, -0.2) is 0 Å². The van der Waals surface area contributed by atoms with Crippen molar-refractivity contribution in [1.29, 1.82) is 0 Å². The maximum atomic E-state index is 9.69. The molecule has 0 saturated carbocycles. The molecule has 1 aromatic rings. The highest BCUT2D eigenvalue weighted by Crippen LogP contribution is 2.32. The Morgan fingerprint density at radius 3 is 3.00 bits per heavy atom. The molecule has 2 N–H and O–H groups in total. The first-order chi connectivity index (χ1) is 9.20. The number of benzene rings is 1. The Morgan fingerprint density at radius 2 is 2.21 bits per heavy atom. The van der Waals surface area contributed by atoms with Crippen LogP contribution in [0.1, 0.15) is 69.5 Å². The number of phenols is 1. The van der Waals surface area contributed by atoms with Crippen molar-refractivity contribution >= 4 is 0 Å². The number of hydrogen-bond acceptors (Lipinski definition) is 2. The van der Waals surface area contributed by atoms with E-state index >= 15 is 0 Å². The Morgan fingerprint density at radius 1 is 1.37 bits per heavy atom. The van der Waals surface area contributed by atoms with Gasteiger partial charge in [0.2, 0.25) is 0 Å². The zero-order chi connectivity index (χ0) is 13.7. The second kappa shape index (κ2) is 6.95. The predicted molar refractivity (Wildman–Crippen MR) is 80.5 cm³/mol. The third kappa shape index (κ3) is 3.97. The first kappa shape index (κ1) is 14.4. The molecule has 0 amide bonds. The van der Waals surface area contributed by atoms with Gasteiger partial charge in [0.1, 0.15) is 5.75 Å². The molecule has 1 aliphatic rings. The normalized spacial score (nSPS) is 20.0. The molecular weight excluding hydrogens is 234 g/mol. The average Bonchev–Trinajstić information content (AvgIpc) is 2.40. The Labute approximate surface area is 117 Å². The Hall–Kier alpha value is -1.02. The molecule has 0 fully saturated rings. The molecule has 0 radical (unpaired) electrons. The fraction of sp³-hybridized carbons (Fsp3) is 0.647. The summed E-state index contributed by atoms with van der Waals surface area (Å²) in [6.07, 6.45) is 8.76. The smallest absolute Gasteiger partial charge is 0.115 e. The van der Waals surface area contributed by atoms with Crippen LogP contribution in [0.2, 0.25) is 0 Å². The summed E-state index contributed by atoms with van der Waals surface area (Å²) in [6, 6.07) is 6.83. The van der Waals surface area contributed by atoms with Crippen molar-refractivity contribution in [1.82, 2.24) is 5.32 Å². The number of fused-ring (bicyclic) bond motifs is 1. The van der Waals surface area contributed by atoms with Crippen LogP contribution < -0.4 is 5.32 Å². The zero-order valence-corrected chi connectivity index (χ0v) is 12.3. The summed E-state index contributed by atoms with van der Waals surface area (Å²) in [7, 11) is 0. The van der Waals surface area contributed by atoms with E-state index < -0.39 is 0 Å². The molecule has 2 rings (SSSR count). The van der Waals surface area contributed by atoms with Crippen LogP contribution in [-0.4, -0.2) is 11.1 Å². The second-order valence-electron chi connectivity index (χ2n) is 5.89. The van der Waals surface area contributed by atoms with Crippen LogP contribution in [-0.2, 0) is 6.42 Å². The first-order valence-corrected chi connectivity index (χ1v) is 7.78. The minimum Gasteiger partial charge on any atom is -0.508 e. The summed E-state index contributed by atoms with van der Waals surface area (Å²) in [6.45, 7) is 4.53. The van der Waals surface area contributed by atoms with Gasteiger partial charge in [-0.2, -0.15) is 0 Å². The van der Waals surface area contributed by atoms with Crippen LogP contribution in [0.5, 0.6) is 5.75 Å². The van der Waals surface area contributed by atoms with E-state index in [-0.39, 0.29) is 0 Å². The van der Waals surface area contributed by atoms with Crippen LogP contribution in [0.15, 0.2) is 18.2 Å². The van der Waals surface area contributed by atoms with Crippen molar-refractivity contribution in [3.05, 3.63) is 29.3 Å². The first-order valence-electron chi connectivity index (χ1n) is 7.78. The highest BCUT2D eigenvalue weighted by Gasteiger charge is 2.21. The average molecular weight is 261 g/mol. The van der Waals surface area contributed by atoms with Gasteiger partial charge in [0.15, 0.2) is 0 Å². The monoisotopic (exact) mass is 261 g/mol. The van der Waals surface area contributed by atoms with Gasteiger partial charge in [-0.05, 0) is 55.9 Å². The molecule has 2 unspecified atom stereocenters. The molecule has 2 heteroatoms. The second-order valence-corrected chi connectivity index (χ2v) is 5.89. The summed E-state index contributed by atoms with van der Waals surface area (Å²) in [5, 5.41) is 13.4. The summed E-state index contributed by atoms with van der Waals surface area (Å²) in [5.74, 6) is 0.395. The maximum Gasteiger partial charge on any atom is 0.115 e. The van der Waals surface area contributed by atoms with E-state index in [0.29, 0.717) is 17.8 Å². The molecule has 0 aromatic heterocycles. The number of rotatable bonds is 6. The molecule has 0 bridgehead atoms. The van der Waals surface area contributed by atoms with E-state index in [1.165, 1.54) is 49.7 Å². The summed E-state index contributed by atoms with van der Waals surface area (Å²) in [5.41, 5.74) is 2.72. The molecule has 0 aliphatic heterocycles. The van der Waals surface area contributed by atoms with E-state index in [0.717, 1.165) is 6.42 Å². The van der Waals surface area contributed by atoms with Crippen molar-refractivity contribution in [2.45, 2.75) is 70.9 Å². The molecular formula is C17H27NO. The van der Waals surface area contributed by atoms with Crippen LogP contribution >= 0.6 is 0 Å². The predicted octanol–water partition coefficient (Wildman–Crippen LogP) is 4.33. The molecule has 19 heavy (non-hydrogen) atoms. The summed E-state index contributed by atoms with van der Waals surface area (Å²) >= 11 is 0. The molecule has 0 heterocycles. The number of hydrogen-bond donors (Lipinski definition) is 2. The highest BCUT2D eigenvalue weighted by atomic mass is 16.3. The van der Waals surface area contributed by atoms with E-state index in [1.54, 1.807) is 0 Å². The standard InChI is InChI=1S/C17H27NO/c1-3-4-5-7-13(2)18-17-9-6-8-14-10-11-15(19)12-16(14)17/h10-13,17-19H,3-9H2,1-2H3. The Bertz CT molecular complexity index is 402. The van der Waals surface area contributed by atoms with Gasteiger partial charge in [-0.1, -0.05) is 32.3 Å². The van der Waals surface area contributed by atoms with Crippen LogP contribution in [0.4, 0.5) is 0 Å². The number of unbranched alkanes of at least 4 members (excludes halogenated alkanes) is 2. The fourth-order valence-corrected chi connectivity index (χ4v) is 3.09. The van der Waals surface area contributed by atoms with Gasteiger partial charge in [0, 0.05) is 12.1 Å². The fourth-order valence-electron chi connectivity index (χ4n) is 3.09. The van der Waals surface area contributed by atoms with E-state index in [9.17, 15) is 5.11 Å². The largest absolute Gasteiger partial charge is 0.508 e. The maximum absolute atomic E-state index is 9.69. The van der Waals surface area contributed by atoms with Gasteiger partial charge < -0.3 is 10.4 Å². The summed E-state index contributed by atoms with van der Waals surface area (Å²) < 4.78 is 0. The van der Waals surface area contributed by atoms with Crippen LogP contribution in [0.3, 0.4) is 0 Å². The van der Waals surface area contributed by atoms with Gasteiger partial charge in [0.25, 0.3) is 0 Å². The minimum atomic E-state index is 0.395. The lowest BCUT2D eigenvalue weighted by molar-refractivity contribution is 0.385. The van der Waals surface area contributed by atoms with Crippen molar-refractivity contribution in [2.75, 3.05) is 0 Å². The molecule has 1 aromatic carbocycles. The SMILES string of the molecule is CCCCCC(C)NC1CCCc2ccc(O)cc21. The van der Waals surface area contributed by atoms with Crippen molar-refractivity contribution < 1.29 is 5.11 Å². The molecule has 2 atom stereocenters. The van der Waals surface area contributed by atoms with Crippen LogP contribution in [0.25, 0.3) is 0 Å². The van der Waals surface area contributed by atoms with E-state index in [1.807, 2.05) is 12.1 Å². The number of nitrogens with one attached hydrogen (secondary N) is 1. The molecule has 0 saturated heterocycles. The lowest BCUT2D eigenvalue weighted by Gasteiger charge is -2.29. The molecule has 0 spiro atoms. The Kier molecular flexibility index (Phi) is 5.26. The topological polar surface area (TPSA) is 32.3 Å². The lowest BCUT2D eigenvalue weighted by atomic mass is 9.87. The third-order valence-electron chi connectivity index (χ3n) is 4.17. The van der Waals surface area contributed by atoms with Crippen molar-refractivity contribution in [3.8, 4) is 5.75 Å². The van der Waals surface area contributed by atoms with E-state index in [4.69, 9.17) is 0 Å². The number of aryl methyl sites for hydroxylation is 1. The van der Waals surface area contributed by atoms with Gasteiger partial charge in [-0.15, -0.1) is 0 Å². The van der Waals surface area contributed by atoms with Crippen molar-refractivity contribution in [2.24, 2.45) is 0 Å². The molecule has 2 nitrogen and oxygen atoms in total. The number of phenolic OH excluding ortho intramolecular Hbond substituents is 1. The van der Waals surface area contributed by atoms with Crippen molar-refractivity contribution in [3.63, 3.8) is 0 Å². The number of aromatic hydroxyl groups is 1. The highest BCUT2D eigenvalue weighted by molar-refractivity contribution is 5.38. The zero-order valence-electron chi connectivity index (χ0n) is 12.3. The minimum absolute atomic E-state index is 0.395. The Balaban J connectivity index is 1.97. The molecule has 1 aliphatic carbocycles. The van der Waals surface area contributed by atoms with Gasteiger partial charge in [0.05, 0.1) is 0 Å². The van der Waals surface area contributed by atoms with Crippen LogP contribution in [0, 0.1) is 0 Å². The van der Waals surface area contributed by atoms with E-state index in [2.05, 4.69) is 25.2 Å². The van der Waals surface area contributed by atoms with Gasteiger partial charge >= 0.3 is 0 Å². The summed E-state index contributed by atoms with van der Waals surface area (Å²) in [4.78, 5) is 0.